The second-order valence-electron chi connectivity index (χ2n) is 11.0. The van der Waals surface area contributed by atoms with Crippen molar-refractivity contribution in [2.75, 3.05) is 6.54 Å². The van der Waals surface area contributed by atoms with Crippen molar-refractivity contribution in [1.82, 2.24) is 9.62 Å². The third-order valence-corrected chi connectivity index (χ3v) is 9.80. The van der Waals surface area contributed by atoms with E-state index in [1.165, 1.54) is 12.1 Å². The fourth-order valence-electron chi connectivity index (χ4n) is 5.98. The number of aryl methyl sites for hydroxylation is 1. The number of carbonyl (C=O) groups is 2. The summed E-state index contributed by atoms with van der Waals surface area (Å²) in [5.41, 5.74) is 3.68. The normalized spacial score (nSPS) is 21.1. The highest BCUT2D eigenvalue weighted by molar-refractivity contribution is 7.89. The van der Waals surface area contributed by atoms with Gasteiger partial charge in [-0.2, -0.15) is 0 Å². The molecule has 7 nitrogen and oxygen atoms in total. The molecule has 9 heteroatoms. The first-order chi connectivity index (χ1) is 19.7. The van der Waals surface area contributed by atoms with Crippen LogP contribution >= 0.6 is 0 Å². The van der Waals surface area contributed by atoms with Gasteiger partial charge in [0.25, 0.3) is 0 Å². The first-order valence-corrected chi connectivity index (χ1v) is 15.7. The topological polar surface area (TPSA) is 104 Å². The zero-order chi connectivity index (χ0) is 29.0. The predicted molar refractivity (Wildman–Crippen MR) is 154 cm³/mol. The number of sulfonamides is 1. The molecule has 0 aromatic heterocycles. The Morgan fingerprint density at radius 2 is 1.46 bits per heavy atom. The van der Waals surface area contributed by atoms with Crippen molar-refractivity contribution >= 4 is 21.9 Å². The quantitative estimate of drug-likeness (QED) is 0.339. The molecule has 1 aliphatic carbocycles. The van der Waals surface area contributed by atoms with Crippen molar-refractivity contribution in [2.45, 2.75) is 68.3 Å². The number of likely N-dealkylation sites (tertiary alicyclic amines) is 1. The zero-order valence-electron chi connectivity index (χ0n) is 22.8. The minimum absolute atomic E-state index is 0.0304. The van der Waals surface area contributed by atoms with E-state index in [0.29, 0.717) is 38.6 Å². The average Bonchev–Trinajstić information content (AvgIpc) is 3.47. The Kier molecular flexibility index (Phi) is 8.85. The number of amides is 1. The van der Waals surface area contributed by atoms with Crippen LogP contribution in [0.1, 0.15) is 62.1 Å². The van der Waals surface area contributed by atoms with E-state index < -0.39 is 16.0 Å². The number of halogens is 1. The lowest BCUT2D eigenvalue weighted by Crippen LogP contribution is -2.42. The molecule has 1 amide bonds. The SMILES string of the molecule is O=C(O)CCc1ccc(-c2ccc(S(=O)(=O)NC3CCC(C(=O)N4CCC[C@@H]4c4ccc(F)cc4)CC3)cc2)cc1. The van der Waals surface area contributed by atoms with Gasteiger partial charge in [-0.05, 0) is 91.5 Å². The first kappa shape index (κ1) is 29.0. The van der Waals surface area contributed by atoms with Crippen LogP contribution in [0.25, 0.3) is 11.1 Å². The molecule has 3 aromatic rings. The van der Waals surface area contributed by atoms with Crippen LogP contribution in [0.5, 0.6) is 0 Å². The van der Waals surface area contributed by atoms with Crippen LogP contribution in [0.3, 0.4) is 0 Å². The van der Waals surface area contributed by atoms with Gasteiger partial charge < -0.3 is 10.0 Å². The minimum atomic E-state index is -3.71. The monoisotopic (exact) mass is 578 g/mol. The summed E-state index contributed by atoms with van der Waals surface area (Å²) in [7, 11) is -3.71. The molecule has 0 spiro atoms. The van der Waals surface area contributed by atoms with Crippen LogP contribution in [0.15, 0.2) is 77.7 Å². The van der Waals surface area contributed by atoms with Gasteiger partial charge in [0.15, 0.2) is 0 Å². The van der Waals surface area contributed by atoms with Crippen LogP contribution in [0.4, 0.5) is 4.39 Å². The Balaban J connectivity index is 1.15. The van der Waals surface area contributed by atoms with Crippen molar-refractivity contribution in [3.63, 3.8) is 0 Å². The summed E-state index contributed by atoms with van der Waals surface area (Å²) in [6.07, 6.45) is 4.76. The highest BCUT2D eigenvalue weighted by Gasteiger charge is 2.36. The molecule has 2 aliphatic rings. The molecule has 1 atom stereocenters. The van der Waals surface area contributed by atoms with Gasteiger partial charge in [-0.3, -0.25) is 9.59 Å². The first-order valence-electron chi connectivity index (χ1n) is 14.2. The second kappa shape index (κ2) is 12.5. The summed E-state index contributed by atoms with van der Waals surface area (Å²) in [6, 6.07) is 20.4. The Morgan fingerprint density at radius 3 is 2.07 bits per heavy atom. The average molecular weight is 579 g/mol. The van der Waals surface area contributed by atoms with E-state index in [2.05, 4.69) is 4.72 Å². The maximum atomic E-state index is 13.4. The molecule has 1 heterocycles. The summed E-state index contributed by atoms with van der Waals surface area (Å²) in [4.78, 5) is 26.3. The van der Waals surface area contributed by atoms with Gasteiger partial charge in [0.05, 0.1) is 10.9 Å². The number of rotatable bonds is 9. The third-order valence-electron chi connectivity index (χ3n) is 8.27. The van der Waals surface area contributed by atoms with Gasteiger partial charge in [-0.25, -0.2) is 17.5 Å². The highest BCUT2D eigenvalue weighted by Crippen LogP contribution is 2.36. The number of nitrogens with one attached hydrogen (secondary N) is 1. The molecular formula is C32H35FN2O5S. The Morgan fingerprint density at radius 1 is 0.854 bits per heavy atom. The number of carbonyl (C=O) groups excluding carboxylic acids is 1. The molecule has 216 valence electrons. The predicted octanol–water partition coefficient (Wildman–Crippen LogP) is 5.71. The molecule has 5 rings (SSSR count). The van der Waals surface area contributed by atoms with Gasteiger partial charge in [0.2, 0.25) is 15.9 Å². The molecule has 1 aliphatic heterocycles. The highest BCUT2D eigenvalue weighted by atomic mass is 32.2. The molecule has 1 saturated heterocycles. The van der Waals surface area contributed by atoms with Crippen LogP contribution in [0, 0.1) is 11.7 Å². The lowest BCUT2D eigenvalue weighted by Gasteiger charge is -2.33. The summed E-state index contributed by atoms with van der Waals surface area (Å²) >= 11 is 0. The Bertz CT molecular complexity index is 1470. The largest absolute Gasteiger partial charge is 0.481 e. The summed E-state index contributed by atoms with van der Waals surface area (Å²) in [6.45, 7) is 0.693. The number of hydrogen-bond acceptors (Lipinski definition) is 4. The zero-order valence-corrected chi connectivity index (χ0v) is 23.7. The van der Waals surface area contributed by atoms with Gasteiger partial charge in [-0.15, -0.1) is 0 Å². The van der Waals surface area contributed by atoms with E-state index in [1.54, 1.807) is 36.4 Å². The molecule has 1 saturated carbocycles. The Labute approximate surface area is 240 Å². The van der Waals surface area contributed by atoms with E-state index in [9.17, 15) is 22.4 Å². The van der Waals surface area contributed by atoms with Crippen LogP contribution in [0.2, 0.25) is 0 Å². The number of carboxylic acid groups (broad SMARTS) is 1. The molecule has 3 aromatic carbocycles. The third kappa shape index (κ3) is 7.02. The van der Waals surface area contributed by atoms with Gasteiger partial charge >= 0.3 is 5.97 Å². The number of hydrogen-bond donors (Lipinski definition) is 2. The second-order valence-corrected chi connectivity index (χ2v) is 12.7. The van der Waals surface area contributed by atoms with Crippen LogP contribution in [-0.4, -0.2) is 42.9 Å². The number of benzene rings is 3. The summed E-state index contributed by atoms with van der Waals surface area (Å²) < 4.78 is 42.4. The Hall–Kier alpha value is -3.56. The van der Waals surface area contributed by atoms with Crippen molar-refractivity contribution in [2.24, 2.45) is 5.92 Å². The summed E-state index contributed by atoms with van der Waals surface area (Å²) in [5, 5.41) is 8.85. The van der Waals surface area contributed by atoms with Gasteiger partial charge in [0, 0.05) is 24.9 Å². The van der Waals surface area contributed by atoms with Gasteiger partial charge in [0.1, 0.15) is 5.82 Å². The lowest BCUT2D eigenvalue weighted by molar-refractivity contribution is -0.138. The number of nitrogens with zero attached hydrogens (tertiary/aromatic N) is 1. The van der Waals surface area contributed by atoms with Crippen molar-refractivity contribution in [3.05, 3.63) is 89.7 Å². The van der Waals surface area contributed by atoms with Crippen molar-refractivity contribution in [3.8, 4) is 11.1 Å². The smallest absolute Gasteiger partial charge is 0.303 e. The molecular weight excluding hydrogens is 543 g/mol. The van der Waals surface area contributed by atoms with E-state index >= 15 is 0 Å². The standard InChI is InChI=1S/C32H35FN2O5S/c33-27-14-8-25(9-15-27)30-2-1-21-35(30)32(38)26-10-16-28(17-11-26)34-41(39,40)29-18-12-24(13-19-29)23-6-3-22(4-7-23)5-20-31(36)37/h3-4,6-9,12-15,18-19,26,28,30,34H,1-2,5,10-11,16-17,20-21H2,(H,36,37)/t26?,28?,30-/m1/s1. The van der Waals surface area contributed by atoms with Crippen LogP contribution in [-0.2, 0) is 26.0 Å². The molecule has 0 unspecified atom stereocenters. The van der Waals surface area contributed by atoms with Crippen molar-refractivity contribution in [1.29, 1.82) is 0 Å². The van der Waals surface area contributed by atoms with E-state index in [1.807, 2.05) is 29.2 Å². The van der Waals surface area contributed by atoms with E-state index in [4.69, 9.17) is 5.11 Å². The molecule has 2 fully saturated rings. The fraction of sp³-hybridized carbons (Fsp3) is 0.375. The minimum Gasteiger partial charge on any atom is -0.481 e. The van der Waals surface area contributed by atoms with E-state index in [-0.39, 0.29) is 41.0 Å². The van der Waals surface area contributed by atoms with E-state index in [0.717, 1.165) is 35.1 Å². The molecule has 2 N–H and O–H groups in total. The number of aliphatic carboxylic acids is 1. The number of carboxylic acids is 1. The maximum absolute atomic E-state index is 13.4. The molecule has 0 bridgehead atoms. The molecule has 41 heavy (non-hydrogen) atoms. The van der Waals surface area contributed by atoms with Crippen LogP contribution < -0.4 is 4.72 Å². The fourth-order valence-corrected chi connectivity index (χ4v) is 7.29. The molecule has 0 radical (unpaired) electrons. The van der Waals surface area contributed by atoms with Gasteiger partial charge in [-0.1, -0.05) is 48.5 Å². The van der Waals surface area contributed by atoms with Crippen molar-refractivity contribution < 1.29 is 27.5 Å². The summed E-state index contributed by atoms with van der Waals surface area (Å²) in [5.74, 6) is -1.14. The maximum Gasteiger partial charge on any atom is 0.303 e. The lowest BCUT2D eigenvalue weighted by atomic mass is 9.85.